The molecule has 0 saturated heterocycles. The van der Waals surface area contributed by atoms with Crippen LogP contribution in [-0.2, 0) is 19.2 Å². The van der Waals surface area contributed by atoms with Gasteiger partial charge in [0.2, 0.25) is 0 Å². The van der Waals surface area contributed by atoms with Crippen molar-refractivity contribution in [3.8, 4) is 0 Å². The lowest BCUT2D eigenvalue weighted by molar-refractivity contribution is -0.757. The number of carbonyl (C=O) groups is 2. The summed E-state index contributed by atoms with van der Waals surface area (Å²) in [7, 11) is 0. The topological polar surface area (TPSA) is 142 Å². The van der Waals surface area contributed by atoms with Crippen molar-refractivity contribution in [2.45, 2.75) is 25.3 Å². The molecule has 0 aromatic carbocycles. The molecule has 0 aromatic rings. The predicted molar refractivity (Wildman–Crippen MR) is 60.6 cm³/mol. The first kappa shape index (κ1) is 18.7. The van der Waals surface area contributed by atoms with Crippen molar-refractivity contribution in [1.82, 2.24) is 0 Å². The molecule has 18 heavy (non-hydrogen) atoms. The van der Waals surface area contributed by atoms with Gasteiger partial charge in [-0.15, -0.1) is 22.5 Å². The van der Waals surface area contributed by atoms with Gasteiger partial charge in [0.05, 0.1) is 13.2 Å². The van der Waals surface area contributed by atoms with E-state index in [0.717, 1.165) is 0 Å². The molecular weight excluding hydrogens is 272 g/mol. The fourth-order valence-electron chi connectivity index (χ4n) is 0.853. The molecule has 0 fully saturated rings. The van der Waals surface area contributed by atoms with E-state index in [4.69, 9.17) is 10.8 Å². The molecule has 0 aliphatic heterocycles. The van der Waals surface area contributed by atoms with Crippen molar-refractivity contribution in [3.63, 3.8) is 0 Å². The van der Waals surface area contributed by atoms with Crippen LogP contribution in [-0.4, -0.2) is 41.4 Å². The zero-order chi connectivity index (χ0) is 13.3. The lowest BCUT2D eigenvalue weighted by atomic mass is 10.2. The molecule has 0 saturated carbocycles. The first-order valence-electron chi connectivity index (χ1n) is 4.84. The molecule has 0 spiro atoms. The second-order valence-electron chi connectivity index (χ2n) is 3.11. The normalized spacial score (nSPS) is 10.9. The molecule has 0 unspecified atom stereocenters. The van der Waals surface area contributed by atoms with Crippen LogP contribution in [0.4, 0.5) is 0 Å². The van der Waals surface area contributed by atoms with Gasteiger partial charge in [0.15, 0.2) is 0 Å². The van der Waals surface area contributed by atoms with Crippen LogP contribution in [0.25, 0.3) is 0 Å². The summed E-state index contributed by atoms with van der Waals surface area (Å²) in [4.78, 5) is 35.1. The van der Waals surface area contributed by atoms with Crippen LogP contribution in [0.15, 0.2) is 0 Å². The Hall–Kier alpha value is -1.61. The maximum Gasteiger partial charge on any atom is 0.320 e. The molecule has 9 nitrogen and oxygen atoms in total. The van der Waals surface area contributed by atoms with E-state index in [0.29, 0.717) is 0 Å². The van der Waals surface area contributed by atoms with Gasteiger partial charge >= 0.3 is 11.9 Å². The van der Waals surface area contributed by atoms with E-state index in [1.54, 1.807) is 0 Å². The summed E-state index contributed by atoms with van der Waals surface area (Å²) in [6.07, 6.45) is 0.0703. The van der Waals surface area contributed by atoms with E-state index in [9.17, 15) is 19.7 Å². The van der Waals surface area contributed by atoms with Gasteiger partial charge in [-0.1, -0.05) is 0 Å². The minimum absolute atomic E-state index is 0. The summed E-state index contributed by atoms with van der Waals surface area (Å²) < 4.78 is 4.66. The number of carboxylic acids is 1. The molecule has 0 rings (SSSR count). The van der Waals surface area contributed by atoms with Crippen molar-refractivity contribution in [1.29, 1.82) is 0 Å². The van der Waals surface area contributed by atoms with Crippen molar-refractivity contribution in [2.75, 3.05) is 13.2 Å². The largest absolute Gasteiger partial charge is 0.480 e. The van der Waals surface area contributed by atoms with Crippen molar-refractivity contribution in [2.24, 2.45) is 5.73 Å². The number of esters is 1. The third-order valence-electron chi connectivity index (χ3n) is 1.73. The summed E-state index contributed by atoms with van der Waals surface area (Å²) in [6, 6.07) is -1.10. The van der Waals surface area contributed by atoms with Gasteiger partial charge in [0, 0.05) is 12.8 Å². The summed E-state index contributed by atoms with van der Waals surface area (Å²) in [6.45, 7) is -0.177. The molecule has 0 heterocycles. The molecule has 0 bridgehead atoms. The van der Waals surface area contributed by atoms with Gasteiger partial charge in [0.25, 0.3) is 5.09 Å². The third-order valence-corrected chi connectivity index (χ3v) is 1.73. The Morgan fingerprint density at radius 2 is 2.00 bits per heavy atom. The number of halogens is 1. The Morgan fingerprint density at radius 3 is 2.50 bits per heavy atom. The maximum absolute atomic E-state index is 11.0. The minimum Gasteiger partial charge on any atom is -0.480 e. The Morgan fingerprint density at radius 1 is 1.39 bits per heavy atom. The monoisotopic (exact) mass is 286 g/mol. The Balaban J connectivity index is 0. The summed E-state index contributed by atoms with van der Waals surface area (Å²) in [5.74, 6) is -1.78. The standard InChI is InChI=1S/C8H14N2O7.ClH/c9-6(8(12)13)2-3-7(11)16-4-1-5-17-10(14)15;/h6H,1-5,9H2,(H,12,13);1H/t6-;/m0./s1. The average Bonchev–Trinajstić information content (AvgIpc) is 2.24. The first-order valence-corrected chi connectivity index (χ1v) is 4.84. The van der Waals surface area contributed by atoms with Gasteiger partial charge in [0.1, 0.15) is 6.04 Å². The molecule has 1 atom stereocenters. The number of nitrogens with two attached hydrogens (primary N) is 1. The molecule has 0 aliphatic rings. The number of rotatable bonds is 9. The van der Waals surface area contributed by atoms with Crippen molar-refractivity contribution >= 4 is 24.3 Å². The first-order chi connectivity index (χ1) is 7.93. The highest BCUT2D eigenvalue weighted by atomic mass is 35.5. The van der Waals surface area contributed by atoms with Crippen molar-refractivity contribution < 1.29 is 29.4 Å². The Bertz CT molecular complexity index is 287. The molecule has 0 aliphatic carbocycles. The molecule has 0 aromatic heterocycles. The van der Waals surface area contributed by atoms with E-state index in [1.807, 2.05) is 0 Å². The quantitative estimate of drug-likeness (QED) is 0.255. The van der Waals surface area contributed by atoms with E-state index in [2.05, 4.69) is 9.57 Å². The van der Waals surface area contributed by atoms with Gasteiger partial charge in [-0.2, -0.15) is 0 Å². The Kier molecular flexibility index (Phi) is 11.0. The summed E-state index contributed by atoms with van der Waals surface area (Å²) >= 11 is 0. The highest BCUT2D eigenvalue weighted by Gasteiger charge is 2.13. The number of carbonyl (C=O) groups excluding carboxylic acids is 1. The van der Waals surface area contributed by atoms with E-state index in [-0.39, 0.29) is 44.9 Å². The number of ether oxygens (including phenoxy) is 1. The number of hydrogen-bond donors (Lipinski definition) is 2. The summed E-state index contributed by atoms with van der Waals surface area (Å²) in [5.41, 5.74) is 5.17. The second kappa shape index (κ2) is 10.5. The van der Waals surface area contributed by atoms with E-state index < -0.39 is 23.1 Å². The molecule has 0 amide bonds. The second-order valence-corrected chi connectivity index (χ2v) is 3.11. The van der Waals surface area contributed by atoms with Gasteiger partial charge in [-0.25, -0.2) is 0 Å². The van der Waals surface area contributed by atoms with Crippen LogP contribution in [0.1, 0.15) is 19.3 Å². The number of aliphatic carboxylic acids is 1. The van der Waals surface area contributed by atoms with Gasteiger partial charge < -0.3 is 20.4 Å². The van der Waals surface area contributed by atoms with Crippen LogP contribution in [0, 0.1) is 10.1 Å². The third kappa shape index (κ3) is 10.9. The molecular formula is C8H15ClN2O7. The average molecular weight is 287 g/mol. The zero-order valence-electron chi connectivity index (χ0n) is 9.44. The van der Waals surface area contributed by atoms with Crippen LogP contribution >= 0.6 is 12.4 Å². The molecule has 3 N–H and O–H groups in total. The van der Waals surface area contributed by atoms with E-state index >= 15 is 0 Å². The lowest BCUT2D eigenvalue weighted by Crippen LogP contribution is -2.30. The van der Waals surface area contributed by atoms with E-state index in [1.165, 1.54) is 0 Å². The fraction of sp³-hybridized carbons (Fsp3) is 0.750. The summed E-state index contributed by atoms with van der Waals surface area (Å²) in [5, 5.41) is 17.2. The highest BCUT2D eigenvalue weighted by Crippen LogP contribution is 1.98. The van der Waals surface area contributed by atoms with Crippen LogP contribution in [0.2, 0.25) is 0 Å². The number of hydrogen-bond acceptors (Lipinski definition) is 7. The lowest BCUT2D eigenvalue weighted by Gasteiger charge is -2.06. The van der Waals surface area contributed by atoms with Crippen molar-refractivity contribution in [3.05, 3.63) is 10.1 Å². The maximum atomic E-state index is 11.0. The molecule has 0 radical (unpaired) electrons. The molecule has 106 valence electrons. The van der Waals surface area contributed by atoms with Crippen LogP contribution in [0.5, 0.6) is 0 Å². The smallest absolute Gasteiger partial charge is 0.320 e. The van der Waals surface area contributed by atoms with Gasteiger partial charge in [-0.05, 0) is 6.42 Å². The Labute approximate surface area is 109 Å². The minimum atomic E-state index is -1.18. The van der Waals surface area contributed by atoms with Crippen LogP contribution in [0.3, 0.4) is 0 Å². The number of nitrogens with zero attached hydrogens (tertiary/aromatic N) is 1. The highest BCUT2D eigenvalue weighted by molar-refractivity contribution is 5.85. The van der Waals surface area contributed by atoms with Crippen LogP contribution < -0.4 is 5.73 Å². The molecule has 10 heteroatoms. The fourth-order valence-corrected chi connectivity index (χ4v) is 0.853. The SMILES string of the molecule is Cl.N[C@@H](CCC(=O)OCCCO[N+](=O)[O-])C(=O)O. The number of carboxylic acid groups (broad SMARTS) is 1. The van der Waals surface area contributed by atoms with Gasteiger partial charge in [-0.3, -0.25) is 9.59 Å². The predicted octanol–water partition coefficient (Wildman–Crippen LogP) is -0.258. The zero-order valence-corrected chi connectivity index (χ0v) is 10.3.